The smallest absolute Gasteiger partial charge is 0.189 e. The highest BCUT2D eigenvalue weighted by Gasteiger charge is 2.18. The third-order valence-corrected chi connectivity index (χ3v) is 5.09. The molecule has 3 N–H and O–H groups in total. The first kappa shape index (κ1) is 20.0. The van der Waals surface area contributed by atoms with Gasteiger partial charge >= 0.3 is 0 Å². The molecule has 26 heavy (non-hydrogen) atoms. The maximum absolute atomic E-state index is 5.99. The molecule has 0 saturated heterocycles. The lowest BCUT2D eigenvalue weighted by Crippen LogP contribution is -2.35. The minimum Gasteiger partial charge on any atom is -0.370 e. The summed E-state index contributed by atoms with van der Waals surface area (Å²) in [7, 11) is 1.70. The molecular formula is C23H33N3. The van der Waals surface area contributed by atoms with E-state index in [1.54, 1.807) is 7.05 Å². The molecule has 3 nitrogen and oxygen atoms in total. The molecule has 3 heteroatoms. The van der Waals surface area contributed by atoms with Crippen LogP contribution < -0.4 is 11.1 Å². The Kier molecular flexibility index (Phi) is 6.47. The minimum absolute atomic E-state index is 0.0151. The van der Waals surface area contributed by atoms with Gasteiger partial charge in [0.2, 0.25) is 0 Å². The molecule has 2 unspecified atom stereocenters. The van der Waals surface area contributed by atoms with Gasteiger partial charge in [0.15, 0.2) is 5.96 Å². The van der Waals surface area contributed by atoms with E-state index in [1.807, 2.05) is 0 Å². The number of guanidine groups is 1. The fourth-order valence-electron chi connectivity index (χ4n) is 3.00. The van der Waals surface area contributed by atoms with Gasteiger partial charge in [0.25, 0.3) is 0 Å². The van der Waals surface area contributed by atoms with E-state index in [9.17, 15) is 0 Å². The first-order valence-corrected chi connectivity index (χ1v) is 9.45. The standard InChI is InChI=1S/C23H33N3/c1-7-16(2)17-8-10-18(11-9-17)21(26-22(24)25-6)19-12-14-20(15-13-19)23(3,4)5/h8-16,21H,7H2,1-6H3,(H3,24,25,26). The summed E-state index contributed by atoms with van der Waals surface area (Å²) in [4.78, 5) is 4.08. The predicted octanol–water partition coefficient (Wildman–Crippen LogP) is 5.12. The topological polar surface area (TPSA) is 50.4 Å². The van der Waals surface area contributed by atoms with Crippen LogP contribution in [0.15, 0.2) is 53.5 Å². The van der Waals surface area contributed by atoms with Crippen molar-refractivity contribution in [2.45, 2.75) is 58.4 Å². The lowest BCUT2D eigenvalue weighted by molar-refractivity contribution is 0.589. The van der Waals surface area contributed by atoms with Crippen molar-refractivity contribution in [2.24, 2.45) is 10.7 Å². The van der Waals surface area contributed by atoms with Crippen molar-refractivity contribution >= 4 is 5.96 Å². The van der Waals surface area contributed by atoms with Crippen LogP contribution in [0, 0.1) is 0 Å². The zero-order valence-electron chi connectivity index (χ0n) is 17.0. The van der Waals surface area contributed by atoms with E-state index < -0.39 is 0 Å². The highest BCUT2D eigenvalue weighted by molar-refractivity contribution is 5.78. The van der Waals surface area contributed by atoms with Gasteiger partial charge in [-0.25, -0.2) is 0 Å². The van der Waals surface area contributed by atoms with E-state index in [1.165, 1.54) is 22.3 Å². The van der Waals surface area contributed by atoms with Crippen molar-refractivity contribution in [2.75, 3.05) is 7.05 Å². The Bertz CT molecular complexity index is 722. The molecule has 2 aromatic rings. The Morgan fingerprint density at radius 1 is 0.962 bits per heavy atom. The van der Waals surface area contributed by atoms with E-state index in [2.05, 4.69) is 93.5 Å². The van der Waals surface area contributed by atoms with Gasteiger partial charge < -0.3 is 11.1 Å². The van der Waals surface area contributed by atoms with Gasteiger partial charge in [-0.2, -0.15) is 0 Å². The average Bonchev–Trinajstić information content (AvgIpc) is 2.64. The van der Waals surface area contributed by atoms with Crippen molar-refractivity contribution in [1.29, 1.82) is 0 Å². The molecule has 0 aromatic heterocycles. The molecule has 0 amide bonds. The highest BCUT2D eigenvalue weighted by Crippen LogP contribution is 2.28. The van der Waals surface area contributed by atoms with Crippen LogP contribution in [0.5, 0.6) is 0 Å². The summed E-state index contributed by atoms with van der Waals surface area (Å²) in [6, 6.07) is 17.6. The minimum atomic E-state index is -0.0151. The number of hydrogen-bond donors (Lipinski definition) is 2. The molecular weight excluding hydrogens is 318 g/mol. The van der Waals surface area contributed by atoms with Crippen LogP contribution in [0.4, 0.5) is 0 Å². The predicted molar refractivity (Wildman–Crippen MR) is 113 cm³/mol. The number of hydrogen-bond acceptors (Lipinski definition) is 1. The SMILES string of the molecule is CCC(C)c1ccc(C(NC(N)=NC)c2ccc(C(C)(C)C)cc2)cc1. The van der Waals surface area contributed by atoms with Crippen LogP contribution in [-0.2, 0) is 5.41 Å². The van der Waals surface area contributed by atoms with E-state index in [0.29, 0.717) is 11.9 Å². The molecule has 2 aromatic carbocycles. The second-order valence-corrected chi connectivity index (χ2v) is 8.03. The molecule has 0 aliphatic carbocycles. The first-order valence-electron chi connectivity index (χ1n) is 9.45. The molecule has 0 saturated carbocycles. The van der Waals surface area contributed by atoms with Gasteiger partial charge in [-0.15, -0.1) is 0 Å². The van der Waals surface area contributed by atoms with Crippen molar-refractivity contribution < 1.29 is 0 Å². The van der Waals surface area contributed by atoms with E-state index in [4.69, 9.17) is 5.73 Å². The summed E-state index contributed by atoms with van der Waals surface area (Å²) >= 11 is 0. The number of aliphatic imine (C=N–C) groups is 1. The molecule has 0 radical (unpaired) electrons. The highest BCUT2D eigenvalue weighted by atomic mass is 15.1. The molecule has 0 bridgehead atoms. The summed E-state index contributed by atoms with van der Waals surface area (Å²) in [6.07, 6.45) is 1.14. The lowest BCUT2D eigenvalue weighted by atomic mass is 9.85. The number of nitrogens with one attached hydrogen (secondary N) is 1. The van der Waals surface area contributed by atoms with Gasteiger partial charge in [0, 0.05) is 7.05 Å². The Balaban J connectivity index is 2.37. The Morgan fingerprint density at radius 2 is 1.42 bits per heavy atom. The fourth-order valence-corrected chi connectivity index (χ4v) is 3.00. The molecule has 0 fully saturated rings. The molecule has 0 spiro atoms. The van der Waals surface area contributed by atoms with E-state index in [0.717, 1.165) is 6.42 Å². The van der Waals surface area contributed by atoms with Crippen LogP contribution in [-0.4, -0.2) is 13.0 Å². The maximum atomic E-state index is 5.99. The van der Waals surface area contributed by atoms with Crippen LogP contribution in [0.25, 0.3) is 0 Å². The summed E-state index contributed by atoms with van der Waals surface area (Å²) in [6.45, 7) is 11.2. The second kappa shape index (κ2) is 8.39. The van der Waals surface area contributed by atoms with Crippen molar-refractivity contribution in [3.8, 4) is 0 Å². The zero-order chi connectivity index (χ0) is 19.3. The summed E-state index contributed by atoms with van der Waals surface area (Å²) < 4.78 is 0. The quantitative estimate of drug-likeness (QED) is 0.580. The lowest BCUT2D eigenvalue weighted by Gasteiger charge is -2.23. The maximum Gasteiger partial charge on any atom is 0.189 e. The molecule has 0 aliphatic heterocycles. The van der Waals surface area contributed by atoms with Crippen molar-refractivity contribution in [1.82, 2.24) is 5.32 Å². The Labute approximate surface area is 158 Å². The van der Waals surface area contributed by atoms with Gasteiger partial charge in [-0.05, 0) is 40.0 Å². The van der Waals surface area contributed by atoms with Gasteiger partial charge in [0.05, 0.1) is 6.04 Å². The first-order chi connectivity index (χ1) is 12.3. The summed E-state index contributed by atoms with van der Waals surface area (Å²) in [5.41, 5.74) is 11.2. The van der Waals surface area contributed by atoms with Crippen LogP contribution in [0.1, 0.15) is 75.3 Å². The molecule has 140 valence electrons. The summed E-state index contributed by atoms with van der Waals surface area (Å²) in [5.74, 6) is 1.02. The van der Waals surface area contributed by atoms with Gasteiger partial charge in [0.1, 0.15) is 0 Å². The number of nitrogens with two attached hydrogens (primary N) is 1. The third kappa shape index (κ3) is 4.87. The number of benzene rings is 2. The number of rotatable bonds is 5. The molecule has 0 aliphatic rings. The van der Waals surface area contributed by atoms with Gasteiger partial charge in [-0.1, -0.05) is 83.1 Å². The zero-order valence-corrected chi connectivity index (χ0v) is 17.0. The van der Waals surface area contributed by atoms with Crippen molar-refractivity contribution in [3.63, 3.8) is 0 Å². The second-order valence-electron chi connectivity index (χ2n) is 8.03. The monoisotopic (exact) mass is 351 g/mol. The average molecular weight is 352 g/mol. The molecule has 2 atom stereocenters. The molecule has 0 heterocycles. The van der Waals surface area contributed by atoms with E-state index in [-0.39, 0.29) is 11.5 Å². The largest absolute Gasteiger partial charge is 0.370 e. The number of nitrogens with zero attached hydrogens (tertiary/aromatic N) is 1. The van der Waals surface area contributed by atoms with Gasteiger partial charge in [-0.3, -0.25) is 4.99 Å². The Morgan fingerprint density at radius 3 is 1.85 bits per heavy atom. The van der Waals surface area contributed by atoms with Crippen molar-refractivity contribution in [3.05, 3.63) is 70.8 Å². The Hall–Kier alpha value is -2.29. The van der Waals surface area contributed by atoms with E-state index >= 15 is 0 Å². The fraction of sp³-hybridized carbons (Fsp3) is 0.435. The molecule has 2 rings (SSSR count). The van der Waals surface area contributed by atoms with Crippen LogP contribution in [0.2, 0.25) is 0 Å². The van der Waals surface area contributed by atoms with Crippen LogP contribution >= 0.6 is 0 Å². The normalized spacial score (nSPS) is 14.8. The third-order valence-electron chi connectivity index (χ3n) is 5.09. The summed E-state index contributed by atoms with van der Waals surface area (Å²) in [5, 5.41) is 3.35. The van der Waals surface area contributed by atoms with Crippen LogP contribution in [0.3, 0.4) is 0 Å².